The first kappa shape index (κ1) is 31.7. The van der Waals surface area contributed by atoms with Crippen LogP contribution < -0.4 is 0 Å². The number of fused-ring (bicyclic) bond motifs is 9. The van der Waals surface area contributed by atoms with Crippen LogP contribution in [0.3, 0.4) is 0 Å². The Balaban J connectivity index is 1.22. The van der Waals surface area contributed by atoms with Crippen molar-refractivity contribution in [3.8, 4) is 17.1 Å². The summed E-state index contributed by atoms with van der Waals surface area (Å²) < 4.78 is 7.32. The maximum atomic E-state index is 2.46. The van der Waals surface area contributed by atoms with Crippen molar-refractivity contribution in [2.45, 2.75) is 40.5 Å². The molecule has 0 saturated heterocycles. The third kappa shape index (κ3) is 4.94. The normalized spacial score (nSPS) is 13.0. The predicted octanol–water partition coefficient (Wildman–Crippen LogP) is 13.6. The Hall–Kier alpha value is -6.06. The molecule has 0 aliphatic carbocycles. The van der Waals surface area contributed by atoms with Gasteiger partial charge in [-0.3, -0.25) is 0 Å². The van der Waals surface area contributed by atoms with Gasteiger partial charge in [0.25, 0.3) is 0 Å². The average molecular weight is 686 g/mol. The zero-order chi connectivity index (χ0) is 35.8. The van der Waals surface area contributed by atoms with Gasteiger partial charge in [-0.1, -0.05) is 119 Å². The summed E-state index contributed by atoms with van der Waals surface area (Å²) in [6.45, 7) is 9.43. The minimum Gasteiger partial charge on any atom is -0.309 e. The Morgan fingerprint density at radius 3 is 1.11 bits per heavy atom. The molecule has 0 aliphatic rings. The molecule has 10 rings (SSSR count). The SMILES string of the molecule is CCC(Cc1ccc(-n2c3ccc(-n4c5ccccc5c5ccccc54)cc3c3cc(-n4c5ccccc5c5ccccc54)ccc32)cc1)C(C)(C)C. The van der Waals surface area contributed by atoms with Gasteiger partial charge in [-0.25, -0.2) is 0 Å². The molecule has 0 spiro atoms. The third-order valence-corrected chi connectivity index (χ3v) is 11.8. The van der Waals surface area contributed by atoms with Crippen molar-refractivity contribution in [2.24, 2.45) is 11.3 Å². The number of rotatable bonds is 6. The molecule has 0 N–H and O–H groups in total. The van der Waals surface area contributed by atoms with Crippen LogP contribution in [0.25, 0.3) is 82.5 Å². The van der Waals surface area contributed by atoms with Crippen LogP contribution in [0.2, 0.25) is 0 Å². The molecule has 3 heteroatoms. The van der Waals surface area contributed by atoms with Gasteiger partial charge in [-0.2, -0.15) is 0 Å². The smallest absolute Gasteiger partial charge is 0.0542 e. The fourth-order valence-corrected chi connectivity index (χ4v) is 9.09. The first-order valence-electron chi connectivity index (χ1n) is 19.0. The van der Waals surface area contributed by atoms with Gasteiger partial charge in [0.05, 0.1) is 33.1 Å². The summed E-state index contributed by atoms with van der Waals surface area (Å²) in [7, 11) is 0. The Morgan fingerprint density at radius 2 is 0.736 bits per heavy atom. The molecule has 0 aliphatic heterocycles. The molecule has 0 saturated carbocycles. The van der Waals surface area contributed by atoms with E-state index in [1.165, 1.54) is 94.5 Å². The van der Waals surface area contributed by atoms with Crippen LogP contribution in [0, 0.1) is 11.3 Å². The fourth-order valence-electron chi connectivity index (χ4n) is 9.09. The van der Waals surface area contributed by atoms with Crippen molar-refractivity contribution in [3.63, 3.8) is 0 Å². The second kappa shape index (κ2) is 12.0. The lowest BCUT2D eigenvalue weighted by molar-refractivity contribution is 0.231. The van der Waals surface area contributed by atoms with Crippen molar-refractivity contribution < 1.29 is 0 Å². The highest BCUT2D eigenvalue weighted by atomic mass is 15.0. The average Bonchev–Trinajstić information content (AvgIpc) is 3.82. The van der Waals surface area contributed by atoms with E-state index in [2.05, 4.69) is 199 Å². The molecule has 258 valence electrons. The summed E-state index contributed by atoms with van der Waals surface area (Å²) in [5.74, 6) is 0.639. The Kier molecular flexibility index (Phi) is 7.17. The van der Waals surface area contributed by atoms with Crippen LogP contribution in [0.15, 0.2) is 158 Å². The van der Waals surface area contributed by atoms with Crippen molar-refractivity contribution in [2.75, 3.05) is 0 Å². The monoisotopic (exact) mass is 685 g/mol. The van der Waals surface area contributed by atoms with E-state index in [4.69, 9.17) is 0 Å². The quantitative estimate of drug-likeness (QED) is 0.165. The zero-order valence-electron chi connectivity index (χ0n) is 30.8. The molecule has 10 aromatic rings. The maximum absolute atomic E-state index is 2.46. The summed E-state index contributed by atoms with van der Waals surface area (Å²) in [4.78, 5) is 0. The minimum absolute atomic E-state index is 0.280. The van der Waals surface area contributed by atoms with Crippen molar-refractivity contribution in [3.05, 3.63) is 163 Å². The topological polar surface area (TPSA) is 14.8 Å². The van der Waals surface area contributed by atoms with Gasteiger partial charge in [0.1, 0.15) is 0 Å². The molecule has 0 amide bonds. The second-order valence-electron chi connectivity index (χ2n) is 15.8. The Morgan fingerprint density at radius 1 is 0.396 bits per heavy atom. The van der Waals surface area contributed by atoms with Crippen LogP contribution >= 0.6 is 0 Å². The van der Waals surface area contributed by atoms with Gasteiger partial charge in [0, 0.05) is 49.4 Å². The lowest BCUT2D eigenvalue weighted by Gasteiger charge is -2.30. The molecule has 53 heavy (non-hydrogen) atoms. The largest absolute Gasteiger partial charge is 0.309 e. The zero-order valence-corrected chi connectivity index (χ0v) is 30.8. The summed E-state index contributed by atoms with van der Waals surface area (Å²) in [6.07, 6.45) is 2.28. The first-order chi connectivity index (χ1) is 25.9. The number of hydrogen-bond acceptors (Lipinski definition) is 0. The Labute approximate surface area is 310 Å². The molecular formula is C50H43N3. The Bertz CT molecular complexity index is 2720. The predicted molar refractivity (Wildman–Crippen MR) is 226 cm³/mol. The number of aromatic nitrogens is 3. The van der Waals surface area contributed by atoms with Crippen molar-refractivity contribution >= 4 is 65.4 Å². The molecule has 1 unspecified atom stereocenters. The lowest BCUT2D eigenvalue weighted by Crippen LogP contribution is -2.21. The number of para-hydroxylation sites is 4. The second-order valence-corrected chi connectivity index (χ2v) is 15.8. The van der Waals surface area contributed by atoms with Crippen LogP contribution in [-0.2, 0) is 6.42 Å². The summed E-state index contributed by atoms with van der Waals surface area (Å²) in [5, 5.41) is 7.58. The molecule has 3 heterocycles. The highest BCUT2D eigenvalue weighted by Crippen LogP contribution is 2.40. The summed E-state index contributed by atoms with van der Waals surface area (Å²) in [6, 6.07) is 58.5. The van der Waals surface area contributed by atoms with E-state index in [0.717, 1.165) is 6.42 Å². The van der Waals surface area contributed by atoms with E-state index in [1.807, 2.05) is 0 Å². The number of nitrogens with zero attached hydrogens (tertiary/aromatic N) is 3. The van der Waals surface area contributed by atoms with E-state index in [-0.39, 0.29) is 5.41 Å². The highest BCUT2D eigenvalue weighted by Gasteiger charge is 2.23. The molecule has 3 aromatic heterocycles. The first-order valence-corrected chi connectivity index (χ1v) is 19.0. The number of benzene rings is 7. The number of hydrogen-bond donors (Lipinski definition) is 0. The summed E-state index contributed by atoms with van der Waals surface area (Å²) in [5.41, 5.74) is 12.5. The van der Waals surface area contributed by atoms with E-state index >= 15 is 0 Å². The molecule has 1 atom stereocenters. The van der Waals surface area contributed by atoms with Gasteiger partial charge in [0.15, 0.2) is 0 Å². The third-order valence-electron chi connectivity index (χ3n) is 11.8. The molecule has 3 nitrogen and oxygen atoms in total. The van der Waals surface area contributed by atoms with Crippen LogP contribution in [0.5, 0.6) is 0 Å². The van der Waals surface area contributed by atoms with Crippen molar-refractivity contribution in [1.82, 2.24) is 13.7 Å². The van der Waals surface area contributed by atoms with E-state index in [0.29, 0.717) is 5.92 Å². The van der Waals surface area contributed by atoms with E-state index < -0.39 is 0 Å². The van der Waals surface area contributed by atoms with E-state index in [9.17, 15) is 0 Å². The van der Waals surface area contributed by atoms with Gasteiger partial charge >= 0.3 is 0 Å². The van der Waals surface area contributed by atoms with Gasteiger partial charge in [-0.05, 0) is 96.1 Å². The maximum Gasteiger partial charge on any atom is 0.0542 e. The van der Waals surface area contributed by atoms with Gasteiger partial charge in [-0.15, -0.1) is 0 Å². The molecule has 0 bridgehead atoms. The minimum atomic E-state index is 0.280. The van der Waals surface area contributed by atoms with Gasteiger partial charge < -0.3 is 13.7 Å². The van der Waals surface area contributed by atoms with E-state index in [1.54, 1.807) is 0 Å². The molecule has 7 aromatic carbocycles. The summed E-state index contributed by atoms with van der Waals surface area (Å²) >= 11 is 0. The van der Waals surface area contributed by atoms with Gasteiger partial charge in [0.2, 0.25) is 0 Å². The molecule has 0 radical (unpaired) electrons. The van der Waals surface area contributed by atoms with Crippen LogP contribution in [-0.4, -0.2) is 13.7 Å². The molecule has 0 fully saturated rings. The lowest BCUT2D eigenvalue weighted by atomic mass is 9.76. The highest BCUT2D eigenvalue weighted by molar-refractivity contribution is 6.14. The van der Waals surface area contributed by atoms with Crippen molar-refractivity contribution in [1.29, 1.82) is 0 Å². The fraction of sp³-hybridized carbons (Fsp3) is 0.160. The van der Waals surface area contributed by atoms with Crippen LogP contribution in [0.4, 0.5) is 0 Å². The molecular weight excluding hydrogens is 643 g/mol. The van der Waals surface area contributed by atoms with Crippen LogP contribution in [0.1, 0.15) is 39.7 Å². The standard InChI is InChI=1S/C50H43N3/c1-5-34(50(2,3)4)30-33-22-24-35(25-23-33)51-48-28-26-36(52-44-18-10-6-14-38(44)39-15-7-11-19-45(39)52)31-42(48)43-32-37(27-29-49(43)51)53-46-20-12-8-16-40(46)41-17-9-13-21-47(41)53/h6-29,31-32,34H,5,30H2,1-4H3.